The summed E-state index contributed by atoms with van der Waals surface area (Å²) in [7, 11) is 9.67. The maximum Gasteiger partial charge on any atom is 0.233 e. The molecule has 0 heterocycles. The Morgan fingerprint density at radius 2 is 1.55 bits per heavy atom. The smallest absolute Gasteiger partial charge is 0.233 e. The van der Waals surface area contributed by atoms with Crippen molar-refractivity contribution in [2.24, 2.45) is 0 Å². The fourth-order valence-corrected chi connectivity index (χ4v) is 1.75. The van der Waals surface area contributed by atoms with E-state index in [1.165, 1.54) is 0 Å². The molecule has 1 N–H and O–H groups in total. The molecule has 0 bridgehead atoms. The van der Waals surface area contributed by atoms with Gasteiger partial charge in [-0.1, -0.05) is 0 Å². The first kappa shape index (κ1) is 16.8. The van der Waals surface area contributed by atoms with Crippen LogP contribution in [0.2, 0.25) is 0 Å². The lowest BCUT2D eigenvalue weighted by molar-refractivity contribution is -0.983. The maximum absolute atomic E-state index is 10.6. The van der Waals surface area contributed by atoms with Gasteiger partial charge in [-0.2, -0.15) is 0 Å². The largest absolute Gasteiger partial charge is 0.497 e. The quantitative estimate of drug-likeness (QED) is 0.666. The number of hydrogen-bond acceptors (Lipinski definition) is 3. The molecule has 0 aliphatic carbocycles. The molecule has 4 heteroatoms. The van der Waals surface area contributed by atoms with E-state index < -0.39 is 5.72 Å². The van der Waals surface area contributed by atoms with Gasteiger partial charge >= 0.3 is 0 Å². The van der Waals surface area contributed by atoms with Gasteiger partial charge in [-0.05, 0) is 45.0 Å². The Morgan fingerprint density at radius 3 is 1.95 bits per heavy atom. The molecule has 0 saturated heterocycles. The van der Waals surface area contributed by atoms with E-state index in [0.717, 1.165) is 5.75 Å². The molecule has 2 atom stereocenters. The van der Waals surface area contributed by atoms with Crippen LogP contribution in [0, 0.1) is 7.05 Å². The topological polar surface area (TPSA) is 38.7 Å². The van der Waals surface area contributed by atoms with Crippen molar-refractivity contribution < 1.29 is 19.1 Å². The number of methoxy groups -OCH3 is 1. The molecule has 20 heavy (non-hydrogen) atoms. The minimum absolute atomic E-state index is 0.0594. The Morgan fingerprint density at radius 1 is 1.10 bits per heavy atom. The number of hydrogen-bond donors (Lipinski definition) is 1. The summed E-state index contributed by atoms with van der Waals surface area (Å²) in [5.41, 5.74) is -1.52. The Kier molecular flexibility index (Phi) is 4.72. The summed E-state index contributed by atoms with van der Waals surface area (Å²) in [5, 5.41) is 10.6. The number of benzene rings is 1. The molecule has 2 radical (unpaired) electrons. The zero-order valence-electron chi connectivity index (χ0n) is 13.3. The molecule has 0 amide bonds. The highest BCUT2D eigenvalue weighted by Crippen LogP contribution is 2.31. The zero-order chi connectivity index (χ0) is 15.6. The molecule has 0 aromatic heterocycles. The van der Waals surface area contributed by atoms with Crippen LogP contribution in [0.1, 0.15) is 27.7 Å². The lowest BCUT2D eigenvalue weighted by Crippen LogP contribution is -2.67. The van der Waals surface area contributed by atoms with Gasteiger partial charge in [0.25, 0.3) is 0 Å². The van der Waals surface area contributed by atoms with E-state index >= 15 is 0 Å². The lowest BCUT2D eigenvalue weighted by atomic mass is 9.98. The summed E-state index contributed by atoms with van der Waals surface area (Å²) in [5.74, 6) is 1.43. The number of nitrogens with zero attached hydrogens (tertiary/aromatic N) is 1. The lowest BCUT2D eigenvalue weighted by Gasteiger charge is -2.49. The monoisotopic (exact) mass is 280 g/mol. The van der Waals surface area contributed by atoms with Gasteiger partial charge in [0.15, 0.2) is 6.61 Å². The van der Waals surface area contributed by atoms with Gasteiger partial charge in [0.05, 0.1) is 19.7 Å². The van der Waals surface area contributed by atoms with Crippen LogP contribution in [0.25, 0.3) is 0 Å². The third kappa shape index (κ3) is 3.44. The Hall–Kier alpha value is -1.26. The van der Waals surface area contributed by atoms with E-state index in [0.29, 0.717) is 5.75 Å². The van der Waals surface area contributed by atoms with Crippen molar-refractivity contribution in [2.75, 3.05) is 20.8 Å². The number of rotatable bonds is 5. The Balaban J connectivity index is 2.76. The van der Waals surface area contributed by atoms with Crippen molar-refractivity contribution in [2.45, 2.75) is 39.0 Å². The summed E-state index contributed by atoms with van der Waals surface area (Å²) >= 11 is 0. The molecule has 0 fully saturated rings. The van der Waals surface area contributed by atoms with Gasteiger partial charge in [-0.15, -0.1) is 0 Å². The first-order chi connectivity index (χ1) is 9.01. The van der Waals surface area contributed by atoms with E-state index in [4.69, 9.17) is 16.5 Å². The first-order valence-corrected chi connectivity index (χ1v) is 6.66. The molecular formula is C16H26NO3+. The van der Waals surface area contributed by atoms with Crippen molar-refractivity contribution in [3.8, 4) is 11.5 Å². The van der Waals surface area contributed by atoms with Crippen LogP contribution in [0.4, 0.5) is 0 Å². The van der Waals surface area contributed by atoms with Gasteiger partial charge in [0.2, 0.25) is 12.8 Å². The van der Waals surface area contributed by atoms with Crippen molar-refractivity contribution in [1.29, 1.82) is 0 Å². The molecule has 0 spiro atoms. The molecule has 1 aromatic carbocycles. The summed E-state index contributed by atoms with van der Waals surface area (Å²) < 4.78 is 10.7. The molecule has 0 aliphatic rings. The average molecular weight is 280 g/mol. The van der Waals surface area contributed by atoms with Crippen LogP contribution in [-0.2, 0) is 0 Å². The van der Waals surface area contributed by atoms with Gasteiger partial charge < -0.3 is 14.6 Å². The van der Waals surface area contributed by atoms with Crippen LogP contribution in [0.3, 0.4) is 0 Å². The standard InChI is InChI=1S/C16H26NO3/c1-15(2,3)17(5,6)16(4,18)12-20-14-10-8-13(19-7)9-11-14/h5,8-11,18H,12H2,1-4,6-7H3/q+1. The van der Waals surface area contributed by atoms with Gasteiger partial charge in [-0.3, -0.25) is 4.48 Å². The van der Waals surface area contributed by atoms with Crippen molar-refractivity contribution in [3.05, 3.63) is 31.3 Å². The van der Waals surface area contributed by atoms with E-state index in [9.17, 15) is 5.11 Å². The van der Waals surface area contributed by atoms with Crippen LogP contribution in [0.5, 0.6) is 11.5 Å². The fraction of sp³-hybridized carbons (Fsp3) is 0.562. The van der Waals surface area contributed by atoms with Gasteiger partial charge in [0.1, 0.15) is 11.5 Å². The van der Waals surface area contributed by atoms with Crippen molar-refractivity contribution in [1.82, 2.24) is 0 Å². The minimum Gasteiger partial charge on any atom is -0.497 e. The molecule has 2 unspecified atom stereocenters. The number of likely N-dealkylation sites (N-methyl/N-ethyl adjacent to an activating group) is 1. The third-order valence-electron chi connectivity index (χ3n) is 3.97. The van der Waals surface area contributed by atoms with Gasteiger partial charge in [-0.25, -0.2) is 0 Å². The van der Waals surface area contributed by atoms with Crippen LogP contribution in [0.15, 0.2) is 24.3 Å². The molecule has 112 valence electrons. The van der Waals surface area contributed by atoms with E-state index in [2.05, 4.69) is 0 Å². The highest BCUT2D eigenvalue weighted by molar-refractivity contribution is 5.31. The normalized spacial score (nSPS) is 15.6. The van der Waals surface area contributed by atoms with Crippen molar-refractivity contribution >= 4 is 0 Å². The summed E-state index contributed by atoms with van der Waals surface area (Å²) in [6.07, 6.45) is 0. The van der Waals surface area contributed by atoms with E-state index in [1.54, 1.807) is 33.2 Å². The molecule has 0 saturated carbocycles. The molecule has 4 nitrogen and oxygen atoms in total. The third-order valence-corrected chi connectivity index (χ3v) is 3.97. The highest BCUT2D eigenvalue weighted by atomic mass is 16.5. The average Bonchev–Trinajstić information content (AvgIpc) is 2.35. The van der Waals surface area contributed by atoms with Crippen LogP contribution < -0.4 is 9.47 Å². The zero-order valence-corrected chi connectivity index (χ0v) is 13.3. The van der Waals surface area contributed by atoms with Gasteiger partial charge in [0, 0.05) is 6.92 Å². The van der Waals surface area contributed by atoms with Crippen molar-refractivity contribution in [3.63, 3.8) is 0 Å². The second kappa shape index (κ2) is 5.62. The second-order valence-electron chi connectivity index (χ2n) is 6.43. The maximum atomic E-state index is 10.6. The SMILES string of the molecule is [CH][N+](C)(C(C)(C)C)C(C)(O)COc1ccc(OC)cc1. The summed E-state index contributed by atoms with van der Waals surface area (Å²) in [6, 6.07) is 7.22. The van der Waals surface area contributed by atoms with Crippen LogP contribution in [-0.4, -0.2) is 41.6 Å². The van der Waals surface area contributed by atoms with Crippen LogP contribution >= 0.6 is 0 Å². The predicted octanol–water partition coefficient (Wildman–Crippen LogP) is 2.70. The minimum atomic E-state index is -1.21. The predicted molar refractivity (Wildman–Crippen MR) is 79.4 cm³/mol. The Bertz CT molecular complexity index is 430. The first-order valence-electron chi connectivity index (χ1n) is 6.66. The molecule has 0 aliphatic heterocycles. The van der Waals surface area contributed by atoms with E-state index in [1.807, 2.05) is 32.9 Å². The number of quaternary nitrogens is 1. The highest BCUT2D eigenvalue weighted by Gasteiger charge is 2.48. The fourth-order valence-electron chi connectivity index (χ4n) is 1.75. The number of aliphatic hydroxyl groups is 1. The summed E-state index contributed by atoms with van der Waals surface area (Å²) in [4.78, 5) is 0. The Labute approximate surface area is 122 Å². The molecular weight excluding hydrogens is 254 g/mol. The second-order valence-corrected chi connectivity index (χ2v) is 6.43. The molecule has 1 aromatic rings. The molecule has 1 rings (SSSR count). The summed E-state index contributed by atoms with van der Waals surface area (Å²) in [6.45, 7) is 7.73. The number of ether oxygens (including phenoxy) is 2. The van der Waals surface area contributed by atoms with E-state index in [-0.39, 0.29) is 16.6 Å².